The Labute approximate surface area is 208 Å². The second kappa shape index (κ2) is 10.0. The van der Waals surface area contributed by atoms with Gasteiger partial charge in [-0.05, 0) is 48.1 Å². The van der Waals surface area contributed by atoms with Crippen LogP contribution < -0.4 is 5.32 Å². The Hall–Kier alpha value is -3.51. The lowest BCUT2D eigenvalue weighted by molar-refractivity contribution is -0.139. The molecule has 3 aromatic rings. The van der Waals surface area contributed by atoms with Crippen LogP contribution in [0.2, 0.25) is 0 Å². The maximum Gasteiger partial charge on any atom is 0.336 e. The maximum atomic E-state index is 13.7. The molecule has 2 heterocycles. The number of allylic oxidation sites excluding steroid dienone is 3. The highest BCUT2D eigenvalue weighted by Gasteiger charge is 2.41. The summed E-state index contributed by atoms with van der Waals surface area (Å²) in [6.45, 7) is 2.07. The molecule has 1 aliphatic heterocycles. The quantitative estimate of drug-likeness (QED) is 0.431. The van der Waals surface area contributed by atoms with Gasteiger partial charge in [0.15, 0.2) is 5.78 Å². The van der Waals surface area contributed by atoms with Gasteiger partial charge in [-0.25, -0.2) is 9.18 Å². The van der Waals surface area contributed by atoms with E-state index in [1.165, 1.54) is 17.0 Å². The van der Waals surface area contributed by atoms with Crippen LogP contribution in [0.5, 0.6) is 0 Å². The van der Waals surface area contributed by atoms with Crippen LogP contribution in [-0.4, -0.2) is 18.4 Å². The number of ketones is 1. The normalized spacial score (nSPS) is 19.9. The van der Waals surface area contributed by atoms with Crippen molar-refractivity contribution in [2.75, 3.05) is 6.61 Å². The summed E-state index contributed by atoms with van der Waals surface area (Å²) in [6.07, 6.45) is 1.67. The van der Waals surface area contributed by atoms with Gasteiger partial charge in [0.05, 0.1) is 12.2 Å². The number of ether oxygens (including phenoxy) is 1. The smallest absolute Gasteiger partial charge is 0.336 e. The molecule has 1 aromatic heterocycles. The molecule has 35 heavy (non-hydrogen) atoms. The molecule has 0 unspecified atom stereocenters. The van der Waals surface area contributed by atoms with Crippen molar-refractivity contribution in [1.29, 1.82) is 0 Å². The Morgan fingerprint density at radius 2 is 1.83 bits per heavy atom. The van der Waals surface area contributed by atoms with E-state index >= 15 is 0 Å². The minimum Gasteiger partial charge on any atom is -0.462 e. The Bertz CT molecular complexity index is 1290. The first-order valence-electron chi connectivity index (χ1n) is 11.7. The van der Waals surface area contributed by atoms with E-state index in [0.717, 1.165) is 11.3 Å². The van der Waals surface area contributed by atoms with E-state index in [1.54, 1.807) is 23.5 Å². The average Bonchev–Trinajstić information content (AvgIpc) is 3.39. The number of nitrogens with one attached hydrogen (secondary N) is 1. The molecule has 5 rings (SSSR count). The van der Waals surface area contributed by atoms with Crippen molar-refractivity contribution in [2.24, 2.45) is 0 Å². The number of carbonyl (C=O) groups is 2. The second-order valence-corrected chi connectivity index (χ2v) is 9.94. The first-order valence-corrected chi connectivity index (χ1v) is 12.6. The minimum atomic E-state index is -0.590. The van der Waals surface area contributed by atoms with Crippen molar-refractivity contribution in [2.45, 2.75) is 38.0 Å². The zero-order valence-electron chi connectivity index (χ0n) is 19.4. The topological polar surface area (TPSA) is 55.4 Å². The fourth-order valence-corrected chi connectivity index (χ4v) is 5.84. The molecule has 0 fully saturated rings. The van der Waals surface area contributed by atoms with Crippen LogP contribution in [0.15, 0.2) is 94.7 Å². The third-order valence-electron chi connectivity index (χ3n) is 6.66. The van der Waals surface area contributed by atoms with Crippen LogP contribution >= 0.6 is 11.3 Å². The first kappa shape index (κ1) is 23.2. The summed E-state index contributed by atoms with van der Waals surface area (Å²) in [4.78, 5) is 28.1. The highest BCUT2D eigenvalue weighted by Crippen LogP contribution is 2.46. The number of esters is 1. The lowest BCUT2D eigenvalue weighted by atomic mass is 9.72. The Kier molecular flexibility index (Phi) is 6.64. The molecule has 2 aliphatic rings. The van der Waals surface area contributed by atoms with Crippen molar-refractivity contribution in [3.8, 4) is 0 Å². The van der Waals surface area contributed by atoms with E-state index in [2.05, 4.69) is 11.4 Å². The number of Topliss-reactive ketones (excluding diaryl/α,β-unsaturated/α-hetero) is 1. The number of hydrogen-bond acceptors (Lipinski definition) is 5. The fraction of sp³-hybridized carbons (Fsp3) is 0.241. The molecular weight excluding hydrogens is 461 g/mol. The lowest BCUT2D eigenvalue weighted by Gasteiger charge is -2.36. The summed E-state index contributed by atoms with van der Waals surface area (Å²) in [5.74, 6) is -1.30. The molecular formula is C29H26FNO3S. The van der Waals surface area contributed by atoms with Gasteiger partial charge >= 0.3 is 5.97 Å². The molecule has 0 radical (unpaired) electrons. The summed E-state index contributed by atoms with van der Waals surface area (Å²) in [5, 5.41) is 5.38. The summed E-state index contributed by atoms with van der Waals surface area (Å²) in [6, 6.07) is 19.9. The Morgan fingerprint density at radius 1 is 1.06 bits per heavy atom. The van der Waals surface area contributed by atoms with Crippen LogP contribution in [0.4, 0.5) is 4.39 Å². The number of carbonyl (C=O) groups excluding carboxylic acids is 2. The molecule has 1 N–H and O–H groups in total. The molecule has 178 valence electrons. The van der Waals surface area contributed by atoms with Crippen molar-refractivity contribution in [3.05, 3.63) is 116 Å². The molecule has 0 amide bonds. The standard InChI is InChI=1S/C29H26FNO3S/c1-18-26(29(33)34-14-13-19-6-3-2-4-7-19)27(20-9-11-22(30)12-10-20)28-23(31-18)16-21(17-24(28)32)25-8-5-15-35-25/h2-12,15,21,27,31H,13-14,16-17H2,1H3/t21-,27+/m0/s1. The van der Waals surface area contributed by atoms with E-state index < -0.39 is 11.9 Å². The van der Waals surface area contributed by atoms with Gasteiger partial charge in [0.25, 0.3) is 0 Å². The van der Waals surface area contributed by atoms with Crippen LogP contribution in [0.1, 0.15) is 47.6 Å². The molecule has 0 bridgehead atoms. The van der Waals surface area contributed by atoms with Gasteiger partial charge in [-0.2, -0.15) is 0 Å². The van der Waals surface area contributed by atoms with Gasteiger partial charge in [-0.15, -0.1) is 11.3 Å². The molecule has 1 aliphatic carbocycles. The van der Waals surface area contributed by atoms with E-state index in [4.69, 9.17) is 4.74 Å². The number of thiophene rings is 1. The molecule has 6 heteroatoms. The Morgan fingerprint density at radius 3 is 2.54 bits per heavy atom. The van der Waals surface area contributed by atoms with Crippen LogP contribution in [0.3, 0.4) is 0 Å². The maximum absolute atomic E-state index is 13.7. The molecule has 2 atom stereocenters. The van der Waals surface area contributed by atoms with Gasteiger partial charge in [-0.1, -0.05) is 48.5 Å². The predicted molar refractivity (Wildman–Crippen MR) is 134 cm³/mol. The van der Waals surface area contributed by atoms with Gasteiger partial charge < -0.3 is 10.1 Å². The van der Waals surface area contributed by atoms with Crippen molar-refractivity contribution in [3.63, 3.8) is 0 Å². The second-order valence-electron chi connectivity index (χ2n) is 8.96. The average molecular weight is 488 g/mol. The Balaban J connectivity index is 1.46. The van der Waals surface area contributed by atoms with Gasteiger partial charge in [0.2, 0.25) is 0 Å². The number of rotatable bonds is 6. The SMILES string of the molecule is CC1=C(C(=O)OCCc2ccccc2)[C@@H](c2ccc(F)cc2)C2=C(C[C@H](c3cccs3)CC2=O)N1. The molecule has 4 nitrogen and oxygen atoms in total. The van der Waals surface area contributed by atoms with Crippen LogP contribution in [-0.2, 0) is 20.7 Å². The lowest BCUT2D eigenvalue weighted by Crippen LogP contribution is -2.36. The fourth-order valence-electron chi connectivity index (χ4n) is 5.01. The van der Waals surface area contributed by atoms with E-state index in [-0.39, 0.29) is 24.1 Å². The molecule has 2 aromatic carbocycles. The third-order valence-corrected chi connectivity index (χ3v) is 7.70. The van der Waals surface area contributed by atoms with Crippen LogP contribution in [0, 0.1) is 5.82 Å². The first-order chi connectivity index (χ1) is 17.0. The molecule has 0 spiro atoms. The summed E-state index contributed by atoms with van der Waals surface area (Å²) < 4.78 is 19.4. The minimum absolute atomic E-state index is 0.00793. The number of benzene rings is 2. The van der Waals surface area contributed by atoms with E-state index in [1.807, 2.05) is 48.7 Å². The van der Waals surface area contributed by atoms with Crippen molar-refractivity contribution >= 4 is 23.1 Å². The molecule has 0 saturated carbocycles. The molecule has 0 saturated heterocycles. The summed E-state index contributed by atoms with van der Waals surface area (Å²) in [7, 11) is 0. The number of halogens is 1. The van der Waals surface area contributed by atoms with Gasteiger partial charge in [0.1, 0.15) is 5.82 Å². The van der Waals surface area contributed by atoms with Crippen molar-refractivity contribution < 1.29 is 18.7 Å². The summed E-state index contributed by atoms with van der Waals surface area (Å²) >= 11 is 1.65. The third kappa shape index (κ3) is 4.84. The largest absolute Gasteiger partial charge is 0.462 e. The zero-order valence-corrected chi connectivity index (χ0v) is 20.2. The van der Waals surface area contributed by atoms with Gasteiger partial charge in [0, 0.05) is 46.5 Å². The number of hydrogen-bond donors (Lipinski definition) is 1. The summed E-state index contributed by atoms with van der Waals surface area (Å²) in [5.41, 5.74) is 4.29. The van der Waals surface area contributed by atoms with E-state index in [9.17, 15) is 14.0 Å². The predicted octanol–water partition coefficient (Wildman–Crippen LogP) is 6.03. The number of dihydropyridines is 1. The van der Waals surface area contributed by atoms with E-state index in [0.29, 0.717) is 41.7 Å². The van der Waals surface area contributed by atoms with Gasteiger partial charge in [-0.3, -0.25) is 4.79 Å². The highest BCUT2D eigenvalue weighted by molar-refractivity contribution is 7.10. The monoisotopic (exact) mass is 487 g/mol. The highest BCUT2D eigenvalue weighted by atomic mass is 32.1. The van der Waals surface area contributed by atoms with Crippen LogP contribution in [0.25, 0.3) is 0 Å². The van der Waals surface area contributed by atoms with Crippen molar-refractivity contribution in [1.82, 2.24) is 5.32 Å². The zero-order chi connectivity index (χ0) is 24.4.